The van der Waals surface area contributed by atoms with Crippen molar-refractivity contribution in [1.82, 2.24) is 9.97 Å². The van der Waals surface area contributed by atoms with Crippen LogP contribution in [0.15, 0.2) is 95.8 Å². The van der Waals surface area contributed by atoms with Crippen LogP contribution in [-0.4, -0.2) is 9.97 Å². The predicted octanol–water partition coefficient (Wildman–Crippen LogP) is 4.19. The maximum atomic E-state index is 12.5. The summed E-state index contributed by atoms with van der Waals surface area (Å²) in [6, 6.07) is 29.9. The SMILES string of the molecule is Nc1cccc(Cc2cc(Cc3ccccc3)nc(=O)nc2Cc2ccccc2)c1. The van der Waals surface area contributed by atoms with Gasteiger partial charge in [0.05, 0.1) is 11.4 Å². The summed E-state index contributed by atoms with van der Waals surface area (Å²) >= 11 is 0. The molecule has 0 saturated heterocycles. The van der Waals surface area contributed by atoms with Crippen LogP contribution in [0.3, 0.4) is 0 Å². The predicted molar refractivity (Wildman–Crippen MR) is 120 cm³/mol. The standard InChI is InChI=1S/C26H23N3O/c27-23-13-7-12-21(15-23)14-22-18-24(16-19-8-3-1-4-9-19)28-26(30)29-25(22)17-20-10-5-2-6-11-20/h1-13,15,18H,14,16-17,27H2. The summed E-state index contributed by atoms with van der Waals surface area (Å²) in [5.74, 6) is 0. The Bertz CT molecular complexity index is 1190. The minimum Gasteiger partial charge on any atom is -0.399 e. The molecule has 2 N–H and O–H groups in total. The largest absolute Gasteiger partial charge is 0.399 e. The molecule has 0 aliphatic heterocycles. The van der Waals surface area contributed by atoms with E-state index in [1.54, 1.807) is 0 Å². The maximum absolute atomic E-state index is 12.5. The third-order valence-corrected chi connectivity index (χ3v) is 4.97. The monoisotopic (exact) mass is 393 g/mol. The molecule has 0 aliphatic rings. The van der Waals surface area contributed by atoms with E-state index in [0.29, 0.717) is 19.3 Å². The van der Waals surface area contributed by atoms with Crippen molar-refractivity contribution < 1.29 is 0 Å². The molecule has 1 aromatic heterocycles. The normalized spacial score (nSPS) is 10.7. The van der Waals surface area contributed by atoms with Gasteiger partial charge in [0.1, 0.15) is 0 Å². The Morgan fingerprint density at radius 2 is 1.27 bits per heavy atom. The van der Waals surface area contributed by atoms with E-state index in [1.165, 1.54) is 0 Å². The summed E-state index contributed by atoms with van der Waals surface area (Å²) in [5.41, 5.74) is 12.0. The zero-order valence-corrected chi connectivity index (χ0v) is 16.7. The molecule has 0 radical (unpaired) electrons. The quantitative estimate of drug-likeness (QED) is 0.499. The summed E-state index contributed by atoms with van der Waals surface area (Å²) < 4.78 is 0. The zero-order valence-electron chi connectivity index (χ0n) is 16.7. The first-order valence-corrected chi connectivity index (χ1v) is 9.98. The highest BCUT2D eigenvalue weighted by molar-refractivity contribution is 5.43. The number of nitrogen functional groups attached to an aromatic ring is 1. The Hall–Kier alpha value is -3.79. The van der Waals surface area contributed by atoms with Gasteiger partial charge in [-0.15, -0.1) is 0 Å². The first-order chi connectivity index (χ1) is 14.7. The fourth-order valence-electron chi connectivity index (χ4n) is 3.57. The van der Waals surface area contributed by atoms with E-state index in [2.05, 4.69) is 9.97 Å². The Kier molecular flexibility index (Phi) is 5.95. The van der Waals surface area contributed by atoms with Crippen molar-refractivity contribution >= 4 is 5.69 Å². The molecule has 148 valence electrons. The molecule has 0 unspecified atom stereocenters. The minimum atomic E-state index is -0.453. The second kappa shape index (κ2) is 9.14. The molecule has 0 amide bonds. The lowest BCUT2D eigenvalue weighted by atomic mass is 9.98. The van der Waals surface area contributed by atoms with Gasteiger partial charge in [-0.2, -0.15) is 9.97 Å². The lowest BCUT2D eigenvalue weighted by Gasteiger charge is -2.08. The summed E-state index contributed by atoms with van der Waals surface area (Å²) in [7, 11) is 0. The molecule has 4 nitrogen and oxygen atoms in total. The van der Waals surface area contributed by atoms with Gasteiger partial charge in [0, 0.05) is 18.5 Å². The molecule has 3 aromatic carbocycles. The lowest BCUT2D eigenvalue weighted by molar-refractivity contribution is 0.974. The Morgan fingerprint density at radius 1 is 0.633 bits per heavy atom. The zero-order chi connectivity index (χ0) is 20.8. The molecule has 4 rings (SSSR count). The fourth-order valence-corrected chi connectivity index (χ4v) is 3.57. The highest BCUT2D eigenvalue weighted by Crippen LogP contribution is 2.18. The number of hydrogen-bond acceptors (Lipinski definition) is 4. The smallest absolute Gasteiger partial charge is 0.367 e. The van der Waals surface area contributed by atoms with E-state index < -0.39 is 5.69 Å². The van der Waals surface area contributed by atoms with E-state index in [1.807, 2.05) is 91.0 Å². The molecular weight excluding hydrogens is 370 g/mol. The topological polar surface area (TPSA) is 68.9 Å². The van der Waals surface area contributed by atoms with E-state index in [4.69, 9.17) is 5.73 Å². The van der Waals surface area contributed by atoms with Crippen molar-refractivity contribution in [2.24, 2.45) is 0 Å². The van der Waals surface area contributed by atoms with Gasteiger partial charge >= 0.3 is 5.69 Å². The molecule has 0 bridgehead atoms. The van der Waals surface area contributed by atoms with Crippen molar-refractivity contribution in [3.63, 3.8) is 0 Å². The summed E-state index contributed by atoms with van der Waals surface area (Å²) in [6.07, 6.45) is 1.80. The molecule has 4 heteroatoms. The molecule has 0 fully saturated rings. The van der Waals surface area contributed by atoms with Gasteiger partial charge in [0.2, 0.25) is 0 Å². The van der Waals surface area contributed by atoms with Crippen LogP contribution in [0.4, 0.5) is 5.69 Å². The average Bonchev–Trinajstić information content (AvgIpc) is 2.87. The Balaban J connectivity index is 1.78. The number of benzene rings is 3. The number of nitrogens with two attached hydrogens (primary N) is 1. The second-order valence-electron chi connectivity index (χ2n) is 7.36. The number of aromatic nitrogens is 2. The number of hydrogen-bond donors (Lipinski definition) is 1. The molecule has 1 heterocycles. The van der Waals surface area contributed by atoms with Crippen LogP contribution in [0.2, 0.25) is 0 Å². The van der Waals surface area contributed by atoms with Crippen LogP contribution in [0.5, 0.6) is 0 Å². The second-order valence-corrected chi connectivity index (χ2v) is 7.36. The summed E-state index contributed by atoms with van der Waals surface area (Å²) in [6.45, 7) is 0. The van der Waals surface area contributed by atoms with Gasteiger partial charge in [-0.3, -0.25) is 0 Å². The molecule has 0 aliphatic carbocycles. The highest BCUT2D eigenvalue weighted by Gasteiger charge is 2.10. The van der Waals surface area contributed by atoms with Crippen molar-refractivity contribution in [3.05, 3.63) is 135 Å². The van der Waals surface area contributed by atoms with Crippen LogP contribution in [0, 0.1) is 0 Å². The number of rotatable bonds is 6. The van der Waals surface area contributed by atoms with Gasteiger partial charge in [0.25, 0.3) is 0 Å². The maximum Gasteiger partial charge on any atom is 0.367 e. The van der Waals surface area contributed by atoms with Crippen LogP contribution in [0.1, 0.15) is 33.6 Å². The van der Waals surface area contributed by atoms with Crippen molar-refractivity contribution in [3.8, 4) is 0 Å². The van der Waals surface area contributed by atoms with E-state index >= 15 is 0 Å². The van der Waals surface area contributed by atoms with Crippen molar-refractivity contribution in [2.45, 2.75) is 19.3 Å². The van der Waals surface area contributed by atoms with Crippen LogP contribution >= 0.6 is 0 Å². The van der Waals surface area contributed by atoms with E-state index in [-0.39, 0.29) is 0 Å². The molecule has 0 atom stereocenters. The van der Waals surface area contributed by atoms with Gasteiger partial charge in [-0.25, -0.2) is 4.79 Å². The average molecular weight is 393 g/mol. The van der Waals surface area contributed by atoms with Crippen LogP contribution in [0.25, 0.3) is 0 Å². The fraction of sp³-hybridized carbons (Fsp3) is 0.115. The van der Waals surface area contributed by atoms with Crippen molar-refractivity contribution in [1.29, 1.82) is 0 Å². The Labute approximate surface area is 176 Å². The first kappa shape index (κ1) is 19.5. The van der Waals surface area contributed by atoms with Gasteiger partial charge < -0.3 is 5.73 Å². The number of nitrogens with zero attached hydrogens (tertiary/aromatic N) is 2. The van der Waals surface area contributed by atoms with E-state index in [9.17, 15) is 4.79 Å². The minimum absolute atomic E-state index is 0.453. The molecule has 0 spiro atoms. The van der Waals surface area contributed by atoms with E-state index in [0.717, 1.165) is 39.3 Å². The van der Waals surface area contributed by atoms with Crippen LogP contribution < -0.4 is 11.4 Å². The highest BCUT2D eigenvalue weighted by atomic mass is 16.1. The molecule has 4 aromatic rings. The van der Waals surface area contributed by atoms with Gasteiger partial charge in [-0.1, -0.05) is 72.8 Å². The molecule has 0 saturated carbocycles. The van der Waals surface area contributed by atoms with Gasteiger partial charge in [0.15, 0.2) is 0 Å². The Morgan fingerprint density at radius 3 is 1.93 bits per heavy atom. The van der Waals surface area contributed by atoms with Crippen LogP contribution in [-0.2, 0) is 19.3 Å². The van der Waals surface area contributed by atoms with Gasteiger partial charge in [-0.05, 0) is 46.9 Å². The van der Waals surface area contributed by atoms with Crippen molar-refractivity contribution in [2.75, 3.05) is 5.73 Å². The number of anilines is 1. The first-order valence-electron chi connectivity index (χ1n) is 9.98. The third kappa shape index (κ3) is 5.17. The summed E-state index contributed by atoms with van der Waals surface area (Å²) in [5, 5.41) is 0. The summed E-state index contributed by atoms with van der Waals surface area (Å²) in [4.78, 5) is 21.1. The molecular formula is C26H23N3O. The molecule has 30 heavy (non-hydrogen) atoms. The third-order valence-electron chi connectivity index (χ3n) is 4.97. The lowest BCUT2D eigenvalue weighted by Crippen LogP contribution is -2.10.